The molecule has 18 heavy (non-hydrogen) atoms. The topological polar surface area (TPSA) is 39.8 Å². The molecule has 0 spiro atoms. The zero-order valence-electron chi connectivity index (χ0n) is 11.3. The monoisotopic (exact) mass is 245 g/mol. The molecule has 0 aliphatic rings. The summed E-state index contributed by atoms with van der Waals surface area (Å²) < 4.78 is 0. The first-order chi connectivity index (χ1) is 8.81. The van der Waals surface area contributed by atoms with E-state index in [0.717, 1.165) is 19.6 Å². The first-order valence-corrected chi connectivity index (χ1v) is 6.80. The van der Waals surface area contributed by atoms with Crippen molar-refractivity contribution in [1.82, 2.24) is 15.6 Å². The molecule has 0 amide bonds. The Labute approximate surface area is 109 Å². The fourth-order valence-electron chi connectivity index (χ4n) is 2.15. The lowest BCUT2D eigenvalue weighted by molar-refractivity contribution is 0.502. The summed E-state index contributed by atoms with van der Waals surface area (Å²) >= 11 is 0. The predicted molar refractivity (Wildman–Crippen MR) is 77.8 cm³/mol. The highest BCUT2D eigenvalue weighted by Crippen LogP contribution is 2.16. The van der Waals surface area contributed by atoms with Gasteiger partial charge in [-0.3, -0.25) is 0 Å². The van der Waals surface area contributed by atoms with E-state index in [1.807, 2.05) is 6.20 Å². The smallest absolute Gasteiger partial charge is 0.0499 e. The zero-order chi connectivity index (χ0) is 12.8. The third-order valence-electron chi connectivity index (χ3n) is 3.19. The second-order valence-electron chi connectivity index (χ2n) is 4.85. The Kier molecular flexibility index (Phi) is 4.79. The maximum Gasteiger partial charge on any atom is 0.0499 e. The summed E-state index contributed by atoms with van der Waals surface area (Å²) in [6.07, 6.45) is 3.19. The lowest BCUT2D eigenvalue weighted by atomic mass is 10.1. The number of aromatic amines is 1. The van der Waals surface area contributed by atoms with Crippen molar-refractivity contribution < 1.29 is 0 Å². The van der Waals surface area contributed by atoms with Gasteiger partial charge in [0.05, 0.1) is 0 Å². The highest BCUT2D eigenvalue weighted by Gasteiger charge is 2.04. The number of H-pyrrole nitrogens is 1. The van der Waals surface area contributed by atoms with Crippen LogP contribution in [-0.4, -0.2) is 24.1 Å². The van der Waals surface area contributed by atoms with Crippen molar-refractivity contribution >= 4 is 10.9 Å². The number of hydrogen-bond donors (Lipinski definition) is 3. The fourth-order valence-corrected chi connectivity index (χ4v) is 2.15. The van der Waals surface area contributed by atoms with Crippen molar-refractivity contribution in [3.05, 3.63) is 36.0 Å². The number of nitrogens with one attached hydrogen (secondary N) is 3. The van der Waals surface area contributed by atoms with E-state index in [4.69, 9.17) is 0 Å². The molecule has 1 atom stereocenters. The van der Waals surface area contributed by atoms with Crippen molar-refractivity contribution in [2.24, 2.45) is 0 Å². The van der Waals surface area contributed by atoms with Gasteiger partial charge in [0.2, 0.25) is 0 Å². The summed E-state index contributed by atoms with van der Waals surface area (Å²) in [6.45, 7) is 7.44. The van der Waals surface area contributed by atoms with Crippen LogP contribution in [0.3, 0.4) is 0 Å². The van der Waals surface area contributed by atoms with Gasteiger partial charge in [-0.2, -0.15) is 0 Å². The lowest BCUT2D eigenvalue weighted by Gasteiger charge is -2.14. The number of hydrogen-bond acceptors (Lipinski definition) is 2. The van der Waals surface area contributed by atoms with E-state index in [-0.39, 0.29) is 0 Å². The van der Waals surface area contributed by atoms with Gasteiger partial charge in [0.25, 0.3) is 0 Å². The highest BCUT2D eigenvalue weighted by molar-refractivity contribution is 5.82. The summed E-state index contributed by atoms with van der Waals surface area (Å²) in [5.41, 5.74) is 2.58. The second kappa shape index (κ2) is 6.57. The number of aromatic nitrogens is 1. The summed E-state index contributed by atoms with van der Waals surface area (Å²) in [7, 11) is 0. The molecule has 1 unspecified atom stereocenters. The SMILES string of the molecule is CCCNCC(C)NCc1cccc2cc[nH]c12. The van der Waals surface area contributed by atoms with Crippen molar-refractivity contribution in [3.63, 3.8) is 0 Å². The highest BCUT2D eigenvalue weighted by atomic mass is 15.0. The molecule has 3 heteroatoms. The van der Waals surface area contributed by atoms with Crippen LogP contribution < -0.4 is 10.6 Å². The Hall–Kier alpha value is -1.32. The average Bonchev–Trinajstić information content (AvgIpc) is 2.85. The molecular weight excluding hydrogens is 222 g/mol. The molecule has 3 N–H and O–H groups in total. The zero-order valence-corrected chi connectivity index (χ0v) is 11.3. The normalized spacial score (nSPS) is 13.0. The van der Waals surface area contributed by atoms with Gasteiger partial charge in [-0.15, -0.1) is 0 Å². The number of para-hydroxylation sites is 1. The molecule has 3 nitrogen and oxygen atoms in total. The maximum absolute atomic E-state index is 3.56. The van der Waals surface area contributed by atoms with Crippen molar-refractivity contribution in [1.29, 1.82) is 0 Å². The fraction of sp³-hybridized carbons (Fsp3) is 0.467. The minimum Gasteiger partial charge on any atom is -0.361 e. The molecule has 2 aromatic rings. The van der Waals surface area contributed by atoms with Gasteiger partial charge in [0.1, 0.15) is 0 Å². The standard InChI is InChI=1S/C15H23N3/c1-3-8-16-10-12(2)18-11-14-6-4-5-13-7-9-17-15(13)14/h4-7,9,12,16-18H,3,8,10-11H2,1-2H3. The van der Waals surface area contributed by atoms with Gasteiger partial charge in [-0.1, -0.05) is 25.1 Å². The quantitative estimate of drug-likeness (QED) is 0.656. The van der Waals surface area contributed by atoms with E-state index >= 15 is 0 Å². The molecule has 1 heterocycles. The van der Waals surface area contributed by atoms with Crippen LogP contribution in [0.5, 0.6) is 0 Å². The van der Waals surface area contributed by atoms with Gasteiger partial charge < -0.3 is 15.6 Å². The first-order valence-electron chi connectivity index (χ1n) is 6.80. The summed E-state index contributed by atoms with van der Waals surface area (Å²) in [5, 5.41) is 8.27. The van der Waals surface area contributed by atoms with E-state index < -0.39 is 0 Å². The third-order valence-corrected chi connectivity index (χ3v) is 3.19. The maximum atomic E-state index is 3.56. The lowest BCUT2D eigenvalue weighted by Crippen LogP contribution is -2.36. The largest absolute Gasteiger partial charge is 0.361 e. The molecule has 0 bridgehead atoms. The Morgan fingerprint density at radius 1 is 1.28 bits per heavy atom. The van der Waals surface area contributed by atoms with Crippen LogP contribution in [0, 0.1) is 0 Å². The van der Waals surface area contributed by atoms with Crippen LogP contribution in [0.2, 0.25) is 0 Å². The van der Waals surface area contributed by atoms with Gasteiger partial charge in [0, 0.05) is 30.8 Å². The third kappa shape index (κ3) is 3.34. The van der Waals surface area contributed by atoms with E-state index in [9.17, 15) is 0 Å². The molecule has 2 rings (SSSR count). The van der Waals surface area contributed by atoms with Gasteiger partial charge in [-0.25, -0.2) is 0 Å². The van der Waals surface area contributed by atoms with Gasteiger partial charge in [-0.05, 0) is 36.9 Å². The summed E-state index contributed by atoms with van der Waals surface area (Å²) in [5.74, 6) is 0. The van der Waals surface area contributed by atoms with Crippen molar-refractivity contribution in [2.45, 2.75) is 32.9 Å². The van der Waals surface area contributed by atoms with Crippen molar-refractivity contribution in [2.75, 3.05) is 13.1 Å². The molecular formula is C15H23N3. The molecule has 0 aliphatic carbocycles. The number of benzene rings is 1. The van der Waals surface area contributed by atoms with Crippen LogP contribution in [0.25, 0.3) is 10.9 Å². The molecule has 98 valence electrons. The molecule has 1 aromatic carbocycles. The molecule has 1 aromatic heterocycles. The Bertz CT molecular complexity index is 475. The predicted octanol–water partition coefficient (Wildman–Crippen LogP) is 2.65. The van der Waals surface area contributed by atoms with Crippen molar-refractivity contribution in [3.8, 4) is 0 Å². The Morgan fingerprint density at radius 3 is 3.00 bits per heavy atom. The minimum absolute atomic E-state index is 0.488. The van der Waals surface area contributed by atoms with Crippen LogP contribution in [0.1, 0.15) is 25.8 Å². The van der Waals surface area contributed by atoms with Gasteiger partial charge in [0.15, 0.2) is 0 Å². The molecule has 0 aliphatic heterocycles. The summed E-state index contributed by atoms with van der Waals surface area (Å²) in [6, 6.07) is 9.04. The van der Waals surface area contributed by atoms with Gasteiger partial charge >= 0.3 is 0 Å². The molecule has 0 radical (unpaired) electrons. The van der Waals surface area contributed by atoms with Crippen LogP contribution in [0.15, 0.2) is 30.5 Å². The van der Waals surface area contributed by atoms with E-state index in [1.165, 1.54) is 22.9 Å². The number of rotatable bonds is 7. The average molecular weight is 245 g/mol. The van der Waals surface area contributed by atoms with E-state index in [0.29, 0.717) is 6.04 Å². The van der Waals surface area contributed by atoms with E-state index in [2.05, 4.69) is 53.7 Å². The van der Waals surface area contributed by atoms with E-state index in [1.54, 1.807) is 0 Å². The molecule has 0 saturated heterocycles. The van der Waals surface area contributed by atoms with Crippen LogP contribution in [-0.2, 0) is 6.54 Å². The molecule has 0 saturated carbocycles. The Morgan fingerprint density at radius 2 is 2.17 bits per heavy atom. The second-order valence-corrected chi connectivity index (χ2v) is 4.85. The number of fused-ring (bicyclic) bond motifs is 1. The first kappa shape index (κ1) is 13.1. The van der Waals surface area contributed by atoms with Crippen LogP contribution >= 0.6 is 0 Å². The summed E-state index contributed by atoms with van der Waals surface area (Å²) in [4.78, 5) is 3.31. The molecule has 0 fully saturated rings. The van der Waals surface area contributed by atoms with Crippen LogP contribution in [0.4, 0.5) is 0 Å². The Balaban J connectivity index is 1.88. The minimum atomic E-state index is 0.488.